The third kappa shape index (κ3) is 4.76. The van der Waals surface area contributed by atoms with E-state index in [1.54, 1.807) is 12.1 Å². The summed E-state index contributed by atoms with van der Waals surface area (Å²) in [5.41, 5.74) is 7.71. The third-order valence-electron chi connectivity index (χ3n) is 3.00. The number of halogens is 1. The molecule has 1 aromatic heterocycles. The molecular formula is C16H20ClN3O. The van der Waals surface area contributed by atoms with Crippen LogP contribution in [0.2, 0.25) is 0 Å². The summed E-state index contributed by atoms with van der Waals surface area (Å²) in [7, 11) is 0. The van der Waals surface area contributed by atoms with Crippen LogP contribution in [0.1, 0.15) is 29.4 Å². The van der Waals surface area contributed by atoms with E-state index < -0.39 is 0 Å². The van der Waals surface area contributed by atoms with Gasteiger partial charge in [0.1, 0.15) is 5.69 Å². The van der Waals surface area contributed by atoms with Gasteiger partial charge < -0.3 is 10.6 Å². The summed E-state index contributed by atoms with van der Waals surface area (Å²) >= 11 is 0. The second-order valence-electron chi connectivity index (χ2n) is 4.69. The number of rotatable bonds is 5. The lowest BCUT2D eigenvalue weighted by atomic mass is 10.2. The van der Waals surface area contributed by atoms with Crippen LogP contribution >= 0.6 is 12.4 Å². The predicted octanol–water partition coefficient (Wildman–Crippen LogP) is 3.14. The number of carbonyl (C=O) groups is 1. The van der Waals surface area contributed by atoms with Crippen LogP contribution in [0.3, 0.4) is 0 Å². The van der Waals surface area contributed by atoms with Crippen LogP contribution in [0.15, 0.2) is 48.7 Å². The van der Waals surface area contributed by atoms with Crippen molar-refractivity contribution in [2.24, 2.45) is 0 Å². The largest absolute Gasteiger partial charge is 0.397 e. The second kappa shape index (κ2) is 8.27. The van der Waals surface area contributed by atoms with E-state index in [-0.39, 0.29) is 18.3 Å². The molecule has 0 saturated heterocycles. The van der Waals surface area contributed by atoms with Crippen molar-refractivity contribution < 1.29 is 4.79 Å². The van der Waals surface area contributed by atoms with Gasteiger partial charge in [-0.25, -0.2) is 4.98 Å². The Kier molecular flexibility index (Phi) is 6.69. The summed E-state index contributed by atoms with van der Waals surface area (Å²) in [6, 6.07) is 13.3. The molecule has 0 aliphatic rings. The van der Waals surface area contributed by atoms with Gasteiger partial charge in [0.05, 0.1) is 11.9 Å². The summed E-state index contributed by atoms with van der Waals surface area (Å²) < 4.78 is 0. The van der Waals surface area contributed by atoms with Crippen molar-refractivity contribution in [2.75, 3.05) is 12.3 Å². The number of amides is 1. The number of pyridine rings is 1. The molecule has 0 aliphatic heterocycles. The van der Waals surface area contributed by atoms with Gasteiger partial charge >= 0.3 is 0 Å². The number of nitrogen functional groups attached to an aromatic ring is 1. The zero-order valence-electron chi connectivity index (χ0n) is 12.0. The lowest BCUT2D eigenvalue weighted by Gasteiger charge is -2.22. The molecule has 2 aromatic rings. The number of carbonyl (C=O) groups excluding carboxylic acids is 1. The Morgan fingerprint density at radius 2 is 1.90 bits per heavy atom. The van der Waals surface area contributed by atoms with Crippen LogP contribution in [0.4, 0.5) is 5.69 Å². The van der Waals surface area contributed by atoms with Gasteiger partial charge in [-0.2, -0.15) is 0 Å². The molecule has 1 aromatic carbocycles. The van der Waals surface area contributed by atoms with Gasteiger partial charge in [0, 0.05) is 13.1 Å². The summed E-state index contributed by atoms with van der Waals surface area (Å²) in [4.78, 5) is 18.4. The van der Waals surface area contributed by atoms with Crippen LogP contribution in [-0.2, 0) is 6.54 Å². The van der Waals surface area contributed by atoms with Gasteiger partial charge in [-0.05, 0) is 24.1 Å². The van der Waals surface area contributed by atoms with Crippen molar-refractivity contribution in [3.8, 4) is 0 Å². The molecule has 2 N–H and O–H groups in total. The van der Waals surface area contributed by atoms with E-state index >= 15 is 0 Å². The first kappa shape index (κ1) is 17.0. The first-order chi connectivity index (χ1) is 9.70. The fraction of sp³-hybridized carbons (Fsp3) is 0.250. The van der Waals surface area contributed by atoms with E-state index in [2.05, 4.69) is 11.9 Å². The highest BCUT2D eigenvalue weighted by Crippen LogP contribution is 2.10. The summed E-state index contributed by atoms with van der Waals surface area (Å²) in [6.45, 7) is 3.36. The second-order valence-corrected chi connectivity index (χ2v) is 4.69. The summed E-state index contributed by atoms with van der Waals surface area (Å²) in [5, 5.41) is 0. The fourth-order valence-electron chi connectivity index (χ4n) is 2.02. The molecule has 0 spiro atoms. The Hall–Kier alpha value is -2.07. The van der Waals surface area contributed by atoms with Crippen molar-refractivity contribution >= 4 is 24.0 Å². The van der Waals surface area contributed by atoms with E-state index in [0.717, 1.165) is 12.0 Å². The zero-order valence-corrected chi connectivity index (χ0v) is 12.8. The van der Waals surface area contributed by atoms with Crippen molar-refractivity contribution in [1.82, 2.24) is 9.88 Å². The summed E-state index contributed by atoms with van der Waals surface area (Å²) in [6.07, 6.45) is 2.42. The minimum Gasteiger partial charge on any atom is -0.397 e. The Morgan fingerprint density at radius 3 is 2.48 bits per heavy atom. The Morgan fingerprint density at radius 1 is 1.19 bits per heavy atom. The van der Waals surface area contributed by atoms with E-state index in [1.807, 2.05) is 35.2 Å². The summed E-state index contributed by atoms with van der Waals surface area (Å²) in [5.74, 6) is -0.0595. The molecule has 1 amide bonds. The van der Waals surface area contributed by atoms with Crippen LogP contribution < -0.4 is 5.73 Å². The zero-order chi connectivity index (χ0) is 14.4. The Bertz CT molecular complexity index is 557. The van der Waals surface area contributed by atoms with E-state index in [1.165, 1.54) is 6.20 Å². The van der Waals surface area contributed by atoms with Crippen LogP contribution in [0, 0.1) is 0 Å². The van der Waals surface area contributed by atoms with Crippen molar-refractivity contribution in [2.45, 2.75) is 19.9 Å². The molecule has 1 heterocycles. The Balaban J connectivity index is 0.00000220. The highest BCUT2D eigenvalue weighted by molar-refractivity contribution is 5.92. The van der Waals surface area contributed by atoms with Gasteiger partial charge in [-0.15, -0.1) is 12.4 Å². The molecule has 0 aliphatic carbocycles. The lowest BCUT2D eigenvalue weighted by molar-refractivity contribution is 0.0737. The van der Waals surface area contributed by atoms with Gasteiger partial charge in [0.25, 0.3) is 5.91 Å². The normalized spacial score (nSPS) is 9.76. The quantitative estimate of drug-likeness (QED) is 0.923. The van der Waals surface area contributed by atoms with Crippen molar-refractivity contribution in [3.63, 3.8) is 0 Å². The van der Waals surface area contributed by atoms with Crippen LogP contribution in [-0.4, -0.2) is 22.3 Å². The molecule has 0 fully saturated rings. The average Bonchev–Trinajstić information content (AvgIpc) is 2.48. The maximum absolute atomic E-state index is 12.5. The number of nitrogens with zero attached hydrogens (tertiary/aromatic N) is 2. The van der Waals surface area contributed by atoms with E-state index in [0.29, 0.717) is 24.5 Å². The van der Waals surface area contributed by atoms with Gasteiger partial charge in [0.15, 0.2) is 0 Å². The highest BCUT2D eigenvalue weighted by Gasteiger charge is 2.16. The molecule has 0 unspecified atom stereocenters. The standard InChI is InChI=1S/C16H19N3O.ClH/c1-2-10-19(12-13-6-4-3-5-7-13)16(20)15-9-8-14(17)11-18-15;/h3-9,11H,2,10,12,17H2,1H3;1H. The molecule has 4 nitrogen and oxygen atoms in total. The number of aromatic nitrogens is 1. The smallest absolute Gasteiger partial charge is 0.272 e. The predicted molar refractivity (Wildman–Crippen MR) is 87.4 cm³/mol. The topological polar surface area (TPSA) is 59.2 Å². The molecule has 112 valence electrons. The van der Waals surface area contributed by atoms with Crippen LogP contribution in [0.25, 0.3) is 0 Å². The first-order valence-corrected chi connectivity index (χ1v) is 6.75. The van der Waals surface area contributed by atoms with Gasteiger partial charge in [0.2, 0.25) is 0 Å². The Labute approximate surface area is 131 Å². The third-order valence-corrected chi connectivity index (χ3v) is 3.00. The van der Waals surface area contributed by atoms with Crippen molar-refractivity contribution in [1.29, 1.82) is 0 Å². The van der Waals surface area contributed by atoms with Gasteiger partial charge in [-0.3, -0.25) is 4.79 Å². The maximum Gasteiger partial charge on any atom is 0.272 e. The van der Waals surface area contributed by atoms with Gasteiger partial charge in [-0.1, -0.05) is 37.3 Å². The van der Waals surface area contributed by atoms with E-state index in [9.17, 15) is 4.79 Å². The number of hydrogen-bond donors (Lipinski definition) is 1. The fourth-order valence-corrected chi connectivity index (χ4v) is 2.02. The monoisotopic (exact) mass is 305 g/mol. The van der Waals surface area contributed by atoms with Crippen LogP contribution in [0.5, 0.6) is 0 Å². The first-order valence-electron chi connectivity index (χ1n) is 6.75. The van der Waals surface area contributed by atoms with E-state index in [4.69, 9.17) is 5.73 Å². The van der Waals surface area contributed by atoms with Crippen molar-refractivity contribution in [3.05, 3.63) is 59.9 Å². The number of benzene rings is 1. The number of nitrogens with two attached hydrogens (primary N) is 1. The molecule has 0 atom stereocenters. The highest BCUT2D eigenvalue weighted by atomic mass is 35.5. The number of hydrogen-bond acceptors (Lipinski definition) is 3. The molecule has 0 radical (unpaired) electrons. The molecule has 5 heteroatoms. The SMILES string of the molecule is CCCN(Cc1ccccc1)C(=O)c1ccc(N)cn1.Cl. The number of anilines is 1. The molecule has 0 bridgehead atoms. The molecule has 21 heavy (non-hydrogen) atoms. The average molecular weight is 306 g/mol. The lowest BCUT2D eigenvalue weighted by Crippen LogP contribution is -2.31. The minimum absolute atomic E-state index is 0. The maximum atomic E-state index is 12.5. The molecule has 0 saturated carbocycles. The molecule has 2 rings (SSSR count). The molecular weight excluding hydrogens is 286 g/mol. The minimum atomic E-state index is -0.0595.